The maximum Gasteiger partial charge on any atom is 0.237 e. The zero-order valence-electron chi connectivity index (χ0n) is 11.1. The van der Waals surface area contributed by atoms with Crippen LogP contribution in [0.15, 0.2) is 0 Å². The Morgan fingerprint density at radius 3 is 1.62 bits per heavy atom. The van der Waals surface area contributed by atoms with E-state index < -0.39 is 0 Å². The van der Waals surface area contributed by atoms with Gasteiger partial charge in [-0.3, -0.25) is 9.59 Å². The Labute approximate surface area is 98.2 Å². The van der Waals surface area contributed by atoms with Gasteiger partial charge in [-0.05, 0) is 25.8 Å². The van der Waals surface area contributed by atoms with Crippen molar-refractivity contribution in [2.45, 2.75) is 46.7 Å². The molecule has 0 fully saturated rings. The molecule has 2 N–H and O–H groups in total. The average molecular weight is 228 g/mol. The SMILES string of the molecule is CNC(C(=O)NC(C(C)=O)C(C)C)C(C)C. The van der Waals surface area contributed by atoms with Crippen molar-refractivity contribution >= 4 is 11.7 Å². The van der Waals surface area contributed by atoms with Gasteiger partial charge in [-0.25, -0.2) is 0 Å². The fourth-order valence-corrected chi connectivity index (χ4v) is 1.75. The summed E-state index contributed by atoms with van der Waals surface area (Å²) < 4.78 is 0. The van der Waals surface area contributed by atoms with E-state index >= 15 is 0 Å². The normalized spacial score (nSPS) is 15.0. The molecule has 0 aliphatic rings. The highest BCUT2D eigenvalue weighted by molar-refractivity contribution is 5.89. The summed E-state index contributed by atoms with van der Waals surface area (Å²) in [7, 11) is 1.75. The molecule has 0 aliphatic carbocycles. The van der Waals surface area contributed by atoms with Crippen molar-refractivity contribution in [3.05, 3.63) is 0 Å². The zero-order valence-corrected chi connectivity index (χ0v) is 11.1. The van der Waals surface area contributed by atoms with E-state index in [0.29, 0.717) is 0 Å². The summed E-state index contributed by atoms with van der Waals surface area (Å²) in [5.74, 6) is 0.212. The quantitative estimate of drug-likeness (QED) is 0.712. The largest absolute Gasteiger partial charge is 0.345 e. The average Bonchev–Trinajstić information content (AvgIpc) is 2.13. The summed E-state index contributed by atoms with van der Waals surface area (Å²) in [6.07, 6.45) is 0. The second kappa shape index (κ2) is 6.63. The molecule has 0 heterocycles. The van der Waals surface area contributed by atoms with Gasteiger partial charge < -0.3 is 10.6 Å². The van der Waals surface area contributed by atoms with Crippen LogP contribution in [0.5, 0.6) is 0 Å². The Kier molecular flexibility index (Phi) is 6.26. The van der Waals surface area contributed by atoms with Crippen LogP contribution in [0.3, 0.4) is 0 Å². The fraction of sp³-hybridized carbons (Fsp3) is 0.833. The van der Waals surface area contributed by atoms with E-state index in [1.54, 1.807) is 7.05 Å². The molecule has 0 saturated carbocycles. The third-order valence-corrected chi connectivity index (χ3v) is 2.66. The van der Waals surface area contributed by atoms with Gasteiger partial charge in [0, 0.05) is 0 Å². The molecule has 0 radical (unpaired) electrons. The van der Waals surface area contributed by atoms with Gasteiger partial charge in [-0.1, -0.05) is 27.7 Å². The van der Waals surface area contributed by atoms with Crippen LogP contribution in [0.1, 0.15) is 34.6 Å². The maximum atomic E-state index is 11.9. The van der Waals surface area contributed by atoms with Gasteiger partial charge in [0.05, 0.1) is 12.1 Å². The van der Waals surface area contributed by atoms with E-state index in [-0.39, 0.29) is 35.6 Å². The van der Waals surface area contributed by atoms with Gasteiger partial charge >= 0.3 is 0 Å². The number of ketones is 1. The minimum absolute atomic E-state index is 0.00181. The smallest absolute Gasteiger partial charge is 0.237 e. The number of carbonyl (C=O) groups excluding carboxylic acids is 2. The van der Waals surface area contributed by atoms with E-state index in [0.717, 1.165) is 0 Å². The molecule has 16 heavy (non-hydrogen) atoms. The van der Waals surface area contributed by atoms with Crippen LogP contribution in [0.25, 0.3) is 0 Å². The Balaban J connectivity index is 4.56. The van der Waals surface area contributed by atoms with Crippen molar-refractivity contribution in [1.29, 1.82) is 0 Å². The van der Waals surface area contributed by atoms with Gasteiger partial charge in [-0.2, -0.15) is 0 Å². The summed E-state index contributed by atoms with van der Waals surface area (Å²) in [5.41, 5.74) is 0. The molecule has 0 aromatic heterocycles. The van der Waals surface area contributed by atoms with Crippen molar-refractivity contribution in [2.24, 2.45) is 11.8 Å². The molecule has 2 unspecified atom stereocenters. The topological polar surface area (TPSA) is 58.2 Å². The minimum Gasteiger partial charge on any atom is -0.345 e. The number of Topliss-reactive ketones (excluding diaryl/α,β-unsaturated/α-hetero) is 1. The van der Waals surface area contributed by atoms with Crippen molar-refractivity contribution in [2.75, 3.05) is 7.05 Å². The first-order chi connectivity index (χ1) is 7.31. The summed E-state index contributed by atoms with van der Waals surface area (Å²) >= 11 is 0. The highest BCUT2D eigenvalue weighted by atomic mass is 16.2. The number of nitrogens with one attached hydrogen (secondary N) is 2. The predicted octanol–water partition coefficient (Wildman–Crippen LogP) is 0.960. The molecule has 4 nitrogen and oxygen atoms in total. The van der Waals surface area contributed by atoms with Crippen LogP contribution < -0.4 is 10.6 Å². The molecule has 94 valence electrons. The van der Waals surface area contributed by atoms with Crippen molar-refractivity contribution in [3.8, 4) is 0 Å². The molecule has 2 atom stereocenters. The molecular weight excluding hydrogens is 204 g/mol. The van der Waals surface area contributed by atoms with Crippen LogP contribution in [0.4, 0.5) is 0 Å². The predicted molar refractivity (Wildman–Crippen MR) is 65.1 cm³/mol. The molecule has 1 amide bonds. The second-order valence-electron chi connectivity index (χ2n) is 4.85. The van der Waals surface area contributed by atoms with Gasteiger partial charge in [0.15, 0.2) is 5.78 Å². The first-order valence-electron chi connectivity index (χ1n) is 5.79. The lowest BCUT2D eigenvalue weighted by Gasteiger charge is -2.25. The highest BCUT2D eigenvalue weighted by Gasteiger charge is 2.26. The number of carbonyl (C=O) groups is 2. The van der Waals surface area contributed by atoms with Crippen molar-refractivity contribution in [1.82, 2.24) is 10.6 Å². The third-order valence-electron chi connectivity index (χ3n) is 2.66. The maximum absolute atomic E-state index is 11.9. The molecule has 0 saturated heterocycles. The second-order valence-corrected chi connectivity index (χ2v) is 4.85. The van der Waals surface area contributed by atoms with E-state index in [4.69, 9.17) is 0 Å². The summed E-state index contributed by atoms with van der Waals surface area (Å²) in [5, 5.41) is 5.76. The van der Waals surface area contributed by atoms with Gasteiger partial charge in [-0.15, -0.1) is 0 Å². The van der Waals surface area contributed by atoms with Crippen LogP contribution in [0.2, 0.25) is 0 Å². The lowest BCUT2D eigenvalue weighted by atomic mass is 9.98. The summed E-state index contributed by atoms with van der Waals surface area (Å²) in [6.45, 7) is 9.30. The molecular formula is C12H24N2O2. The molecule has 4 heteroatoms. The molecule has 0 rings (SSSR count). The lowest BCUT2D eigenvalue weighted by Crippen LogP contribution is -2.52. The number of amides is 1. The lowest BCUT2D eigenvalue weighted by molar-refractivity contribution is -0.129. The monoisotopic (exact) mass is 228 g/mol. The fourth-order valence-electron chi connectivity index (χ4n) is 1.75. The van der Waals surface area contributed by atoms with Crippen molar-refractivity contribution in [3.63, 3.8) is 0 Å². The van der Waals surface area contributed by atoms with Gasteiger partial charge in [0.1, 0.15) is 0 Å². The summed E-state index contributed by atoms with van der Waals surface area (Å²) in [4.78, 5) is 23.3. The van der Waals surface area contributed by atoms with Crippen molar-refractivity contribution < 1.29 is 9.59 Å². The Morgan fingerprint density at radius 1 is 0.938 bits per heavy atom. The Morgan fingerprint density at radius 2 is 1.38 bits per heavy atom. The minimum atomic E-state index is -0.387. The number of hydrogen-bond acceptors (Lipinski definition) is 3. The number of hydrogen-bond donors (Lipinski definition) is 2. The Bertz CT molecular complexity index is 249. The van der Waals surface area contributed by atoms with Crippen LogP contribution in [-0.4, -0.2) is 30.8 Å². The number of likely N-dealkylation sites (N-methyl/N-ethyl adjacent to an activating group) is 1. The van der Waals surface area contributed by atoms with E-state index in [2.05, 4.69) is 10.6 Å². The Hall–Kier alpha value is -0.900. The van der Waals surface area contributed by atoms with E-state index in [1.807, 2.05) is 27.7 Å². The van der Waals surface area contributed by atoms with E-state index in [9.17, 15) is 9.59 Å². The number of rotatable bonds is 6. The van der Waals surface area contributed by atoms with Crippen LogP contribution >= 0.6 is 0 Å². The van der Waals surface area contributed by atoms with Crippen LogP contribution in [0, 0.1) is 11.8 Å². The molecule has 0 aromatic rings. The first-order valence-corrected chi connectivity index (χ1v) is 5.79. The molecule has 0 aromatic carbocycles. The third kappa shape index (κ3) is 4.31. The molecule has 0 spiro atoms. The highest BCUT2D eigenvalue weighted by Crippen LogP contribution is 2.06. The molecule has 0 bridgehead atoms. The van der Waals surface area contributed by atoms with Crippen LogP contribution in [-0.2, 0) is 9.59 Å². The standard InChI is InChI=1S/C12H24N2O2/c1-7(2)10(9(5)15)14-12(16)11(13-6)8(3)4/h7-8,10-11,13H,1-6H3,(H,14,16). The zero-order chi connectivity index (χ0) is 12.9. The van der Waals surface area contributed by atoms with Gasteiger partial charge in [0.2, 0.25) is 5.91 Å². The first kappa shape index (κ1) is 15.1. The van der Waals surface area contributed by atoms with Gasteiger partial charge in [0.25, 0.3) is 0 Å². The summed E-state index contributed by atoms with van der Waals surface area (Å²) in [6, 6.07) is -0.636. The van der Waals surface area contributed by atoms with E-state index in [1.165, 1.54) is 6.92 Å². The molecule has 0 aliphatic heterocycles.